The molecule has 1 saturated heterocycles. The molecule has 0 spiro atoms. The molecule has 1 aliphatic heterocycles. The summed E-state index contributed by atoms with van der Waals surface area (Å²) in [6, 6.07) is 11.3. The van der Waals surface area contributed by atoms with E-state index in [-0.39, 0.29) is 17.0 Å². The van der Waals surface area contributed by atoms with Crippen molar-refractivity contribution in [3.8, 4) is 0 Å². The van der Waals surface area contributed by atoms with Gasteiger partial charge in [0.05, 0.1) is 16.5 Å². The number of hydrogen-bond donors (Lipinski definition) is 1. The van der Waals surface area contributed by atoms with Crippen LogP contribution in [0, 0.1) is 10.1 Å². The Kier molecular flexibility index (Phi) is 13.3. The maximum absolute atomic E-state index is 13.2. The molecule has 1 aliphatic rings. The summed E-state index contributed by atoms with van der Waals surface area (Å²) in [5.74, 6) is -1.81. The van der Waals surface area contributed by atoms with Crippen LogP contribution in [0.25, 0.3) is 5.76 Å². The maximum Gasteiger partial charge on any atom is 0.295 e. The molecule has 0 aromatic heterocycles. The molecule has 0 saturated carbocycles. The number of aliphatic hydroxyl groups excluding tert-OH is 1. The second kappa shape index (κ2) is 16.9. The maximum atomic E-state index is 13.2. The fraction of sp³-hybridized carbons (Fsp3) is 0.515. The van der Waals surface area contributed by atoms with E-state index in [0.717, 1.165) is 19.3 Å². The second-order valence-electron chi connectivity index (χ2n) is 10.9. The third-order valence-corrected chi connectivity index (χ3v) is 8.06. The summed E-state index contributed by atoms with van der Waals surface area (Å²) in [5, 5.41) is 23.0. The van der Waals surface area contributed by atoms with Crippen LogP contribution in [0.5, 0.6) is 0 Å². The van der Waals surface area contributed by atoms with Gasteiger partial charge in [-0.1, -0.05) is 114 Å². The normalized spacial score (nSPS) is 16.4. The van der Waals surface area contributed by atoms with Crippen LogP contribution in [-0.2, 0) is 9.59 Å². The molecule has 1 N–H and O–H groups in total. The minimum absolute atomic E-state index is 0.0665. The predicted octanol–water partition coefficient (Wildman–Crippen LogP) is 9.15. The largest absolute Gasteiger partial charge is 0.507 e. The monoisotopic (exact) mass is 582 g/mol. The molecule has 41 heavy (non-hydrogen) atoms. The Hall–Kier alpha value is -3.19. The van der Waals surface area contributed by atoms with Gasteiger partial charge in [0.1, 0.15) is 5.76 Å². The number of ketones is 1. The van der Waals surface area contributed by atoms with Crippen molar-refractivity contribution in [1.29, 1.82) is 0 Å². The summed E-state index contributed by atoms with van der Waals surface area (Å²) < 4.78 is 0. The Balaban J connectivity index is 1.59. The predicted molar refractivity (Wildman–Crippen MR) is 164 cm³/mol. The molecule has 7 nitrogen and oxygen atoms in total. The summed E-state index contributed by atoms with van der Waals surface area (Å²) in [6.07, 6.45) is 16.9. The van der Waals surface area contributed by atoms with Crippen LogP contribution in [0.3, 0.4) is 0 Å². The van der Waals surface area contributed by atoms with E-state index in [9.17, 15) is 24.8 Å². The molecular weight excluding hydrogens is 540 g/mol. The van der Waals surface area contributed by atoms with E-state index in [1.807, 2.05) is 0 Å². The van der Waals surface area contributed by atoms with Gasteiger partial charge in [-0.05, 0) is 36.2 Å². The fourth-order valence-corrected chi connectivity index (χ4v) is 5.63. The number of aliphatic hydroxyl groups is 1. The molecule has 8 heteroatoms. The Labute approximate surface area is 248 Å². The molecule has 1 atom stereocenters. The summed E-state index contributed by atoms with van der Waals surface area (Å²) in [5.41, 5.74) is 0.554. The van der Waals surface area contributed by atoms with Crippen molar-refractivity contribution in [2.75, 3.05) is 6.54 Å². The Morgan fingerprint density at radius 2 is 1.39 bits per heavy atom. The Bertz CT molecular complexity index is 1190. The first-order chi connectivity index (χ1) is 19.8. The van der Waals surface area contributed by atoms with Gasteiger partial charge in [-0.25, -0.2) is 0 Å². The molecule has 0 radical (unpaired) electrons. The number of nitro groups is 1. The number of rotatable bonds is 18. The van der Waals surface area contributed by atoms with Crippen molar-refractivity contribution in [3.63, 3.8) is 0 Å². The van der Waals surface area contributed by atoms with Gasteiger partial charge in [-0.2, -0.15) is 0 Å². The minimum Gasteiger partial charge on any atom is -0.507 e. The molecule has 222 valence electrons. The van der Waals surface area contributed by atoms with Crippen LogP contribution in [0.2, 0.25) is 5.02 Å². The van der Waals surface area contributed by atoms with Crippen LogP contribution in [-0.4, -0.2) is 33.2 Å². The topological polar surface area (TPSA) is 101 Å². The number of nitro benzene ring substituents is 1. The van der Waals surface area contributed by atoms with E-state index >= 15 is 0 Å². The number of hydrogen-bond acceptors (Lipinski definition) is 5. The van der Waals surface area contributed by atoms with Gasteiger partial charge in [0.2, 0.25) is 0 Å². The van der Waals surface area contributed by atoms with Crippen molar-refractivity contribution < 1.29 is 19.6 Å². The summed E-state index contributed by atoms with van der Waals surface area (Å²) in [4.78, 5) is 38.7. The van der Waals surface area contributed by atoms with Gasteiger partial charge in [0.15, 0.2) is 0 Å². The highest BCUT2D eigenvalue weighted by molar-refractivity contribution is 6.46. The van der Waals surface area contributed by atoms with Gasteiger partial charge in [0.25, 0.3) is 17.4 Å². The van der Waals surface area contributed by atoms with Crippen molar-refractivity contribution >= 4 is 34.7 Å². The number of nitrogens with zero attached hydrogens (tertiary/aromatic N) is 2. The zero-order valence-electron chi connectivity index (χ0n) is 24.2. The number of carbonyl (C=O) groups is 2. The highest BCUT2D eigenvalue weighted by atomic mass is 35.5. The standard InChI is InChI=1S/C33H43ClN2O5/c1-2-3-4-5-6-7-8-9-10-11-12-13-14-15-23-35-30(26-17-16-18-28(24-26)36(40)41)29(32(38)33(35)39)31(37)25-19-21-27(34)22-20-25/h16-22,24,30,37H,2-15,23H2,1H3/b31-29+/t30-/m1/s1. The van der Waals surface area contributed by atoms with Crippen molar-refractivity contribution in [3.05, 3.63) is 80.4 Å². The molecule has 2 aromatic carbocycles. The SMILES string of the molecule is CCCCCCCCCCCCCCCCN1C(=O)C(=O)/C(=C(/O)c2ccc(Cl)cc2)[C@H]1c1cccc([N+](=O)[O-])c1. The second-order valence-corrected chi connectivity index (χ2v) is 11.4. The molecule has 3 rings (SSSR count). The lowest BCUT2D eigenvalue weighted by Gasteiger charge is -2.25. The van der Waals surface area contributed by atoms with Crippen LogP contribution < -0.4 is 0 Å². The fourth-order valence-electron chi connectivity index (χ4n) is 5.51. The lowest BCUT2D eigenvalue weighted by molar-refractivity contribution is -0.384. The summed E-state index contributed by atoms with van der Waals surface area (Å²) in [7, 11) is 0. The first kappa shape index (κ1) is 32.3. The third-order valence-electron chi connectivity index (χ3n) is 7.81. The van der Waals surface area contributed by atoms with E-state index in [2.05, 4.69) is 6.92 Å². The molecule has 2 aromatic rings. The molecule has 1 fully saturated rings. The number of Topliss-reactive ketones (excluding diaryl/α,β-unsaturated/α-hetero) is 1. The highest BCUT2D eigenvalue weighted by Crippen LogP contribution is 2.40. The third kappa shape index (κ3) is 9.42. The van der Waals surface area contributed by atoms with Crippen LogP contribution in [0.1, 0.15) is 114 Å². The number of unbranched alkanes of at least 4 members (excludes halogenated alkanes) is 13. The molecular formula is C33H43ClN2O5. The van der Waals surface area contributed by atoms with Crippen molar-refractivity contribution in [1.82, 2.24) is 4.90 Å². The average molecular weight is 583 g/mol. The van der Waals surface area contributed by atoms with Crippen LogP contribution in [0.4, 0.5) is 5.69 Å². The van der Waals surface area contributed by atoms with Crippen LogP contribution >= 0.6 is 11.6 Å². The van der Waals surface area contributed by atoms with E-state index < -0.39 is 22.7 Å². The van der Waals surface area contributed by atoms with E-state index in [1.54, 1.807) is 30.3 Å². The van der Waals surface area contributed by atoms with Crippen LogP contribution in [0.15, 0.2) is 54.1 Å². The van der Waals surface area contributed by atoms with E-state index in [1.165, 1.54) is 87.3 Å². The van der Waals surface area contributed by atoms with Gasteiger partial charge in [-0.3, -0.25) is 19.7 Å². The summed E-state index contributed by atoms with van der Waals surface area (Å²) in [6.45, 7) is 2.57. The number of amides is 1. The zero-order valence-corrected chi connectivity index (χ0v) is 24.9. The Morgan fingerprint density at radius 1 is 0.854 bits per heavy atom. The zero-order chi connectivity index (χ0) is 29.6. The first-order valence-electron chi connectivity index (χ1n) is 15.1. The lowest BCUT2D eigenvalue weighted by Crippen LogP contribution is -2.30. The van der Waals surface area contributed by atoms with Crippen molar-refractivity contribution in [2.24, 2.45) is 0 Å². The molecule has 1 amide bonds. The van der Waals surface area contributed by atoms with Gasteiger partial charge in [-0.15, -0.1) is 0 Å². The van der Waals surface area contributed by atoms with Gasteiger partial charge >= 0.3 is 0 Å². The van der Waals surface area contributed by atoms with E-state index in [4.69, 9.17) is 11.6 Å². The van der Waals surface area contributed by atoms with Crippen molar-refractivity contribution in [2.45, 2.75) is 103 Å². The molecule has 1 heterocycles. The Morgan fingerprint density at radius 3 is 1.93 bits per heavy atom. The molecule has 0 unspecified atom stereocenters. The quantitative estimate of drug-likeness (QED) is 0.0471. The number of carbonyl (C=O) groups excluding carboxylic acids is 2. The number of non-ortho nitro benzene ring substituents is 1. The van der Waals surface area contributed by atoms with Gasteiger partial charge < -0.3 is 10.0 Å². The van der Waals surface area contributed by atoms with Gasteiger partial charge in [0, 0.05) is 29.3 Å². The average Bonchev–Trinajstić information content (AvgIpc) is 3.22. The smallest absolute Gasteiger partial charge is 0.295 e. The number of likely N-dealkylation sites (tertiary alicyclic amines) is 1. The minimum atomic E-state index is -0.910. The first-order valence-corrected chi connectivity index (χ1v) is 15.5. The highest BCUT2D eigenvalue weighted by Gasteiger charge is 2.46. The van der Waals surface area contributed by atoms with E-state index in [0.29, 0.717) is 29.1 Å². The molecule has 0 aliphatic carbocycles. The lowest BCUT2D eigenvalue weighted by atomic mass is 9.95. The number of benzene rings is 2. The summed E-state index contributed by atoms with van der Waals surface area (Å²) >= 11 is 5.98. The number of halogens is 1. The molecule has 0 bridgehead atoms.